The molecule has 0 bridgehead atoms. The molecule has 0 aromatic heterocycles. The summed E-state index contributed by atoms with van der Waals surface area (Å²) in [6.07, 6.45) is 4.79. The summed E-state index contributed by atoms with van der Waals surface area (Å²) in [6.45, 7) is 4.30. The fraction of sp³-hybridized carbons (Fsp3) is 1.00. The van der Waals surface area contributed by atoms with Crippen molar-refractivity contribution in [3.05, 3.63) is 0 Å². The van der Waals surface area contributed by atoms with Gasteiger partial charge in [-0.15, -0.1) is 12.4 Å². The molecule has 2 aliphatic heterocycles. The van der Waals surface area contributed by atoms with Crippen LogP contribution in [0.4, 0.5) is 0 Å². The minimum atomic E-state index is 0. The fourth-order valence-corrected chi connectivity index (χ4v) is 2.33. The second-order valence-electron chi connectivity index (χ2n) is 4.22. The van der Waals surface area contributed by atoms with Crippen LogP contribution in [0.15, 0.2) is 0 Å². The molecule has 0 aromatic rings. The SMILES string of the molecule is Cl.NC1CCN(C2CCOCC2)CC1. The van der Waals surface area contributed by atoms with Gasteiger partial charge in [-0.05, 0) is 38.8 Å². The highest BCUT2D eigenvalue weighted by Gasteiger charge is 2.24. The van der Waals surface area contributed by atoms with Gasteiger partial charge in [0.2, 0.25) is 0 Å². The first-order valence-electron chi connectivity index (χ1n) is 5.43. The summed E-state index contributed by atoms with van der Waals surface area (Å²) < 4.78 is 5.36. The van der Waals surface area contributed by atoms with E-state index < -0.39 is 0 Å². The number of nitrogens with two attached hydrogens (primary N) is 1. The summed E-state index contributed by atoms with van der Waals surface area (Å²) in [6, 6.07) is 1.23. The summed E-state index contributed by atoms with van der Waals surface area (Å²) in [4.78, 5) is 2.60. The van der Waals surface area contributed by atoms with Crippen LogP contribution in [-0.2, 0) is 4.74 Å². The standard InChI is InChI=1S/C10H20N2O.ClH/c11-9-1-5-12(6-2-9)10-3-7-13-8-4-10;/h9-10H,1-8,11H2;1H. The van der Waals surface area contributed by atoms with Gasteiger partial charge in [0.05, 0.1) is 0 Å². The van der Waals surface area contributed by atoms with Crippen LogP contribution >= 0.6 is 12.4 Å². The predicted octanol–water partition coefficient (Wildman–Crippen LogP) is 1.01. The lowest BCUT2D eigenvalue weighted by Gasteiger charge is -2.38. The van der Waals surface area contributed by atoms with E-state index in [0.29, 0.717) is 6.04 Å². The van der Waals surface area contributed by atoms with Gasteiger partial charge in [-0.25, -0.2) is 0 Å². The number of ether oxygens (including phenoxy) is 1. The highest BCUT2D eigenvalue weighted by atomic mass is 35.5. The van der Waals surface area contributed by atoms with Gasteiger partial charge in [0.25, 0.3) is 0 Å². The summed E-state index contributed by atoms with van der Waals surface area (Å²) >= 11 is 0. The van der Waals surface area contributed by atoms with Crippen LogP contribution in [0.1, 0.15) is 25.7 Å². The second-order valence-corrected chi connectivity index (χ2v) is 4.22. The average Bonchev–Trinajstić information content (AvgIpc) is 2.20. The first kappa shape index (κ1) is 12.2. The first-order chi connectivity index (χ1) is 6.36. The van der Waals surface area contributed by atoms with Crippen LogP contribution < -0.4 is 5.73 Å². The Labute approximate surface area is 92.4 Å². The van der Waals surface area contributed by atoms with Crippen molar-refractivity contribution in [2.24, 2.45) is 5.73 Å². The molecule has 0 amide bonds. The summed E-state index contributed by atoms with van der Waals surface area (Å²) in [5.74, 6) is 0. The van der Waals surface area contributed by atoms with E-state index >= 15 is 0 Å². The van der Waals surface area contributed by atoms with Gasteiger partial charge in [0.15, 0.2) is 0 Å². The molecule has 0 atom stereocenters. The molecule has 84 valence electrons. The molecule has 3 nitrogen and oxygen atoms in total. The van der Waals surface area contributed by atoms with Crippen LogP contribution in [0.25, 0.3) is 0 Å². The first-order valence-corrected chi connectivity index (χ1v) is 5.43. The molecule has 2 saturated heterocycles. The van der Waals surface area contributed by atoms with Crippen molar-refractivity contribution in [1.82, 2.24) is 4.90 Å². The van der Waals surface area contributed by atoms with Gasteiger partial charge in [0.1, 0.15) is 0 Å². The van der Waals surface area contributed by atoms with Crippen LogP contribution in [0.3, 0.4) is 0 Å². The lowest BCUT2D eigenvalue weighted by Crippen LogP contribution is -2.46. The lowest BCUT2D eigenvalue weighted by atomic mass is 10.0. The summed E-state index contributed by atoms with van der Waals surface area (Å²) in [5.41, 5.74) is 5.88. The Balaban J connectivity index is 0.000000980. The maximum atomic E-state index is 5.88. The Morgan fingerprint density at radius 2 is 1.57 bits per heavy atom. The predicted molar refractivity (Wildman–Crippen MR) is 59.9 cm³/mol. The molecule has 14 heavy (non-hydrogen) atoms. The number of halogens is 1. The van der Waals surface area contributed by atoms with Crippen LogP contribution in [-0.4, -0.2) is 43.3 Å². The van der Waals surface area contributed by atoms with E-state index in [0.717, 1.165) is 19.3 Å². The number of hydrogen-bond acceptors (Lipinski definition) is 3. The van der Waals surface area contributed by atoms with E-state index in [1.165, 1.54) is 38.8 Å². The third kappa shape index (κ3) is 3.09. The molecule has 0 unspecified atom stereocenters. The molecule has 0 radical (unpaired) electrons. The normalized spacial score (nSPS) is 27.2. The Kier molecular flexibility index (Phi) is 5.17. The molecule has 2 fully saturated rings. The van der Waals surface area contributed by atoms with E-state index in [1.54, 1.807) is 0 Å². The van der Waals surface area contributed by atoms with Crippen molar-refractivity contribution in [3.8, 4) is 0 Å². The van der Waals surface area contributed by atoms with E-state index in [-0.39, 0.29) is 12.4 Å². The van der Waals surface area contributed by atoms with Crippen molar-refractivity contribution < 1.29 is 4.74 Å². The minimum Gasteiger partial charge on any atom is -0.381 e. The molecule has 2 heterocycles. The molecule has 4 heteroatoms. The fourth-order valence-electron chi connectivity index (χ4n) is 2.33. The molecule has 2 rings (SSSR count). The molecular weight excluding hydrogens is 200 g/mol. The van der Waals surface area contributed by atoms with Crippen LogP contribution in [0.5, 0.6) is 0 Å². The van der Waals surface area contributed by atoms with Gasteiger partial charge in [-0.2, -0.15) is 0 Å². The smallest absolute Gasteiger partial charge is 0.0480 e. The molecule has 2 N–H and O–H groups in total. The molecular formula is C10H21ClN2O. The van der Waals surface area contributed by atoms with E-state index in [2.05, 4.69) is 4.90 Å². The number of rotatable bonds is 1. The van der Waals surface area contributed by atoms with Crippen molar-refractivity contribution >= 4 is 12.4 Å². The topological polar surface area (TPSA) is 38.5 Å². The number of hydrogen-bond donors (Lipinski definition) is 1. The van der Waals surface area contributed by atoms with Crippen LogP contribution in [0, 0.1) is 0 Å². The third-order valence-corrected chi connectivity index (χ3v) is 3.28. The second kappa shape index (κ2) is 5.91. The highest BCUT2D eigenvalue weighted by molar-refractivity contribution is 5.85. The van der Waals surface area contributed by atoms with E-state index in [4.69, 9.17) is 10.5 Å². The summed E-state index contributed by atoms with van der Waals surface area (Å²) in [7, 11) is 0. The largest absolute Gasteiger partial charge is 0.381 e. The zero-order valence-electron chi connectivity index (χ0n) is 8.65. The van der Waals surface area contributed by atoms with Gasteiger partial charge < -0.3 is 15.4 Å². The number of likely N-dealkylation sites (tertiary alicyclic amines) is 1. The van der Waals surface area contributed by atoms with Crippen molar-refractivity contribution in [1.29, 1.82) is 0 Å². The van der Waals surface area contributed by atoms with Crippen molar-refractivity contribution in [2.75, 3.05) is 26.3 Å². The monoisotopic (exact) mass is 220 g/mol. The summed E-state index contributed by atoms with van der Waals surface area (Å²) in [5, 5.41) is 0. The van der Waals surface area contributed by atoms with E-state index in [9.17, 15) is 0 Å². The maximum absolute atomic E-state index is 5.88. The van der Waals surface area contributed by atoms with Crippen molar-refractivity contribution in [3.63, 3.8) is 0 Å². The Hall–Kier alpha value is 0.170. The molecule has 0 aromatic carbocycles. The lowest BCUT2D eigenvalue weighted by molar-refractivity contribution is 0.0255. The van der Waals surface area contributed by atoms with Gasteiger partial charge >= 0.3 is 0 Å². The number of nitrogens with zero attached hydrogens (tertiary/aromatic N) is 1. The molecule has 0 saturated carbocycles. The number of piperidine rings is 1. The highest BCUT2D eigenvalue weighted by Crippen LogP contribution is 2.18. The molecule has 2 aliphatic rings. The maximum Gasteiger partial charge on any atom is 0.0480 e. The van der Waals surface area contributed by atoms with Gasteiger partial charge in [-0.3, -0.25) is 0 Å². The third-order valence-electron chi connectivity index (χ3n) is 3.28. The molecule has 0 spiro atoms. The average molecular weight is 221 g/mol. The van der Waals surface area contributed by atoms with Crippen molar-refractivity contribution in [2.45, 2.75) is 37.8 Å². The zero-order chi connectivity index (χ0) is 9.10. The Bertz CT molecular complexity index is 154. The van der Waals surface area contributed by atoms with Gasteiger partial charge in [0, 0.05) is 25.3 Å². The van der Waals surface area contributed by atoms with Gasteiger partial charge in [-0.1, -0.05) is 0 Å². The Morgan fingerprint density at radius 3 is 2.14 bits per heavy atom. The van der Waals surface area contributed by atoms with E-state index in [1.807, 2.05) is 0 Å². The van der Waals surface area contributed by atoms with Crippen LogP contribution in [0.2, 0.25) is 0 Å². The quantitative estimate of drug-likeness (QED) is 0.717. The zero-order valence-corrected chi connectivity index (χ0v) is 9.47. The minimum absolute atomic E-state index is 0. The molecule has 0 aliphatic carbocycles. The Morgan fingerprint density at radius 1 is 1.00 bits per heavy atom.